The fraction of sp³-hybridized carbons (Fsp3) is 0.263. The highest BCUT2D eigenvalue weighted by atomic mass is 35.5. The first kappa shape index (κ1) is 22.8. The van der Waals surface area contributed by atoms with Crippen LogP contribution in [0, 0.1) is 0 Å². The fourth-order valence-electron chi connectivity index (χ4n) is 2.37. The van der Waals surface area contributed by atoms with E-state index in [-0.39, 0.29) is 24.3 Å². The number of nitrogens with one attached hydrogen (secondary N) is 3. The van der Waals surface area contributed by atoms with E-state index in [1.54, 1.807) is 55.5 Å². The Hall–Kier alpha value is -2.28. The molecule has 0 heterocycles. The van der Waals surface area contributed by atoms with Gasteiger partial charge >= 0.3 is 6.03 Å². The molecule has 5 N–H and O–H groups in total. The normalized spacial score (nSPS) is 12.3. The van der Waals surface area contributed by atoms with E-state index in [0.29, 0.717) is 28.5 Å². The van der Waals surface area contributed by atoms with Gasteiger partial charge in [0.2, 0.25) is 5.91 Å². The van der Waals surface area contributed by atoms with Crippen molar-refractivity contribution in [1.82, 2.24) is 0 Å². The van der Waals surface area contributed by atoms with Crippen molar-refractivity contribution in [3.8, 4) is 0 Å². The zero-order valence-electron chi connectivity index (χ0n) is 15.2. The Kier molecular flexibility index (Phi) is 8.56. The van der Waals surface area contributed by atoms with Crippen LogP contribution in [0.1, 0.15) is 26.7 Å². The van der Waals surface area contributed by atoms with E-state index in [2.05, 4.69) is 16.0 Å². The molecule has 1 unspecified atom stereocenters. The number of benzene rings is 2. The molecule has 0 fully saturated rings. The average Bonchev–Trinajstić information content (AvgIpc) is 2.58. The van der Waals surface area contributed by atoms with Gasteiger partial charge in [-0.2, -0.15) is 0 Å². The second kappa shape index (κ2) is 10.2. The van der Waals surface area contributed by atoms with Crippen molar-refractivity contribution >= 4 is 53.0 Å². The Labute approximate surface area is 170 Å². The molecule has 0 aromatic heterocycles. The molecular weight excluding hydrogens is 387 g/mol. The van der Waals surface area contributed by atoms with E-state index in [1.807, 2.05) is 6.92 Å². The average molecular weight is 411 g/mol. The van der Waals surface area contributed by atoms with E-state index in [1.165, 1.54) is 0 Å². The fourth-order valence-corrected chi connectivity index (χ4v) is 2.50. The summed E-state index contributed by atoms with van der Waals surface area (Å²) in [5, 5.41) is 8.81. The van der Waals surface area contributed by atoms with Gasteiger partial charge in [0.1, 0.15) is 0 Å². The largest absolute Gasteiger partial charge is 0.325 e. The van der Waals surface area contributed by atoms with Crippen molar-refractivity contribution < 1.29 is 9.59 Å². The molecule has 2 aromatic carbocycles. The molecule has 0 saturated carbocycles. The minimum absolute atomic E-state index is 0. The quantitative estimate of drug-likeness (QED) is 0.547. The zero-order chi connectivity index (χ0) is 19.2. The van der Waals surface area contributed by atoms with Gasteiger partial charge in [0, 0.05) is 22.1 Å². The summed E-state index contributed by atoms with van der Waals surface area (Å²) < 4.78 is 0. The maximum Gasteiger partial charge on any atom is 0.323 e. The predicted octanol–water partition coefficient (Wildman–Crippen LogP) is 4.86. The number of hydrogen-bond donors (Lipinski definition) is 4. The van der Waals surface area contributed by atoms with E-state index >= 15 is 0 Å². The SMILES string of the molecule is CCCC(C)(N)C(=O)Nc1ccc(NC(=O)Nc2ccc(Cl)cc2)cc1.Cl. The Morgan fingerprint density at radius 2 is 1.33 bits per heavy atom. The number of anilines is 3. The highest BCUT2D eigenvalue weighted by Gasteiger charge is 2.27. The van der Waals surface area contributed by atoms with Gasteiger partial charge in [-0.25, -0.2) is 4.79 Å². The van der Waals surface area contributed by atoms with Gasteiger partial charge in [-0.3, -0.25) is 4.79 Å². The Morgan fingerprint density at radius 1 is 0.926 bits per heavy atom. The molecule has 0 radical (unpaired) electrons. The number of hydrogen-bond acceptors (Lipinski definition) is 3. The van der Waals surface area contributed by atoms with Crippen molar-refractivity contribution in [1.29, 1.82) is 0 Å². The van der Waals surface area contributed by atoms with Crippen molar-refractivity contribution in [2.45, 2.75) is 32.2 Å². The minimum atomic E-state index is -0.913. The molecule has 0 spiro atoms. The maximum absolute atomic E-state index is 12.2. The van der Waals surface area contributed by atoms with Gasteiger partial charge in [-0.15, -0.1) is 12.4 Å². The van der Waals surface area contributed by atoms with Crippen LogP contribution in [0.2, 0.25) is 5.02 Å². The van der Waals surface area contributed by atoms with Gasteiger partial charge in [-0.05, 0) is 61.9 Å². The smallest absolute Gasteiger partial charge is 0.323 e. The molecule has 0 aliphatic rings. The molecule has 146 valence electrons. The van der Waals surface area contributed by atoms with Crippen molar-refractivity contribution in [3.63, 3.8) is 0 Å². The summed E-state index contributed by atoms with van der Waals surface area (Å²) >= 11 is 5.81. The maximum atomic E-state index is 12.2. The summed E-state index contributed by atoms with van der Waals surface area (Å²) in [5.74, 6) is -0.236. The molecule has 27 heavy (non-hydrogen) atoms. The lowest BCUT2D eigenvalue weighted by atomic mass is 9.96. The summed E-state index contributed by atoms with van der Waals surface area (Å²) in [4.78, 5) is 24.2. The summed E-state index contributed by atoms with van der Waals surface area (Å²) in [5.41, 5.74) is 6.95. The Bertz CT molecular complexity index is 762. The zero-order valence-corrected chi connectivity index (χ0v) is 16.8. The van der Waals surface area contributed by atoms with Gasteiger partial charge < -0.3 is 21.7 Å². The summed E-state index contributed by atoms with van der Waals surface area (Å²) in [6.07, 6.45) is 1.43. The molecule has 3 amide bonds. The van der Waals surface area contributed by atoms with Gasteiger partial charge in [0.05, 0.1) is 5.54 Å². The van der Waals surface area contributed by atoms with Crippen molar-refractivity contribution in [3.05, 3.63) is 53.6 Å². The third kappa shape index (κ3) is 7.09. The van der Waals surface area contributed by atoms with E-state index < -0.39 is 5.54 Å². The molecule has 0 aliphatic carbocycles. The summed E-state index contributed by atoms with van der Waals surface area (Å²) in [6, 6.07) is 13.2. The lowest BCUT2D eigenvalue weighted by Gasteiger charge is -2.22. The first-order valence-corrected chi connectivity index (χ1v) is 8.72. The second-order valence-electron chi connectivity index (χ2n) is 6.28. The van der Waals surface area contributed by atoms with Crippen molar-refractivity contribution in [2.75, 3.05) is 16.0 Å². The van der Waals surface area contributed by atoms with Crippen LogP contribution in [0.3, 0.4) is 0 Å². The topological polar surface area (TPSA) is 96.2 Å². The molecule has 0 aliphatic heterocycles. The lowest BCUT2D eigenvalue weighted by molar-refractivity contribution is -0.120. The summed E-state index contributed by atoms with van der Waals surface area (Å²) in [7, 11) is 0. The lowest BCUT2D eigenvalue weighted by Crippen LogP contribution is -2.48. The summed E-state index contributed by atoms with van der Waals surface area (Å²) in [6.45, 7) is 3.69. The van der Waals surface area contributed by atoms with Gasteiger partial charge in [0.15, 0.2) is 0 Å². The predicted molar refractivity (Wildman–Crippen MR) is 114 cm³/mol. The Balaban J connectivity index is 0.00000364. The molecule has 8 heteroatoms. The van der Waals surface area contributed by atoms with E-state index in [9.17, 15) is 9.59 Å². The molecule has 1 atom stereocenters. The van der Waals surface area contributed by atoms with Crippen LogP contribution >= 0.6 is 24.0 Å². The van der Waals surface area contributed by atoms with E-state index in [4.69, 9.17) is 17.3 Å². The molecule has 0 bridgehead atoms. The molecule has 0 saturated heterocycles. The van der Waals surface area contributed by atoms with Crippen molar-refractivity contribution in [2.24, 2.45) is 5.73 Å². The third-order valence-corrected chi connectivity index (χ3v) is 4.04. The van der Waals surface area contributed by atoms with Crippen LogP contribution in [0.15, 0.2) is 48.5 Å². The van der Waals surface area contributed by atoms with Gasteiger partial charge in [-0.1, -0.05) is 24.9 Å². The first-order chi connectivity index (χ1) is 12.3. The Morgan fingerprint density at radius 3 is 1.78 bits per heavy atom. The number of urea groups is 1. The van der Waals surface area contributed by atoms with Crippen LogP contribution < -0.4 is 21.7 Å². The number of rotatable bonds is 6. The standard InChI is InChI=1S/C19H23ClN4O2.ClH/c1-3-12-19(2,21)17(25)22-14-8-10-16(11-9-14)24-18(26)23-15-6-4-13(20)5-7-15;/h4-11H,3,12,21H2,1-2H3,(H,22,25)(H2,23,24,26);1H. The van der Waals surface area contributed by atoms with Gasteiger partial charge in [0.25, 0.3) is 0 Å². The number of carbonyl (C=O) groups is 2. The molecule has 6 nitrogen and oxygen atoms in total. The molecule has 2 rings (SSSR count). The van der Waals surface area contributed by atoms with Crippen LogP contribution in [-0.4, -0.2) is 17.5 Å². The van der Waals surface area contributed by atoms with Crippen LogP contribution in [0.4, 0.5) is 21.9 Å². The number of halogens is 2. The second-order valence-corrected chi connectivity index (χ2v) is 6.72. The van der Waals surface area contributed by atoms with Crippen LogP contribution in [0.25, 0.3) is 0 Å². The van der Waals surface area contributed by atoms with E-state index in [0.717, 1.165) is 6.42 Å². The number of carbonyl (C=O) groups excluding carboxylic acids is 2. The molecule has 2 aromatic rings. The first-order valence-electron chi connectivity index (χ1n) is 8.34. The molecular formula is C19H24Cl2N4O2. The highest BCUT2D eigenvalue weighted by Crippen LogP contribution is 2.18. The monoisotopic (exact) mass is 410 g/mol. The number of amides is 3. The minimum Gasteiger partial charge on any atom is -0.325 e. The number of nitrogens with two attached hydrogens (primary N) is 1. The van der Waals surface area contributed by atoms with Crippen LogP contribution in [-0.2, 0) is 4.79 Å². The highest BCUT2D eigenvalue weighted by molar-refractivity contribution is 6.30. The third-order valence-electron chi connectivity index (χ3n) is 3.79. The van der Waals surface area contributed by atoms with Crippen LogP contribution in [0.5, 0.6) is 0 Å².